The molecule has 0 atom stereocenters. The van der Waals surface area contributed by atoms with Crippen LogP contribution in [0.25, 0.3) is 11.0 Å². The van der Waals surface area contributed by atoms with Crippen LogP contribution in [0.4, 0.5) is 11.4 Å². The Morgan fingerprint density at radius 3 is 2.39 bits per heavy atom. The van der Waals surface area contributed by atoms with Gasteiger partial charge >= 0.3 is 5.69 Å². The first-order chi connectivity index (χ1) is 11.0. The molecule has 2 aromatic carbocycles. The van der Waals surface area contributed by atoms with Crippen LogP contribution in [0.1, 0.15) is 15.9 Å². The Kier molecular flexibility index (Phi) is 3.65. The molecule has 118 valence electrons. The fourth-order valence-electron chi connectivity index (χ4n) is 2.56. The van der Waals surface area contributed by atoms with Gasteiger partial charge in [-0.15, -0.1) is 0 Å². The molecule has 3 rings (SSSR count). The van der Waals surface area contributed by atoms with Crippen LogP contribution in [0, 0.1) is 6.92 Å². The molecule has 23 heavy (non-hydrogen) atoms. The fraction of sp³-hybridized carbons (Fsp3) is 0.176. The van der Waals surface area contributed by atoms with E-state index in [9.17, 15) is 9.59 Å². The van der Waals surface area contributed by atoms with Crippen molar-refractivity contribution in [2.24, 2.45) is 0 Å². The fourth-order valence-corrected chi connectivity index (χ4v) is 2.56. The number of hydrogen-bond donors (Lipinski definition) is 3. The second-order valence-corrected chi connectivity index (χ2v) is 5.66. The summed E-state index contributed by atoms with van der Waals surface area (Å²) in [6.07, 6.45) is 0. The van der Waals surface area contributed by atoms with Gasteiger partial charge in [-0.3, -0.25) is 4.79 Å². The Balaban J connectivity index is 2.04. The molecule has 0 fully saturated rings. The largest absolute Gasteiger partial charge is 0.376 e. The lowest BCUT2D eigenvalue weighted by molar-refractivity contribution is 0.102. The molecule has 3 N–H and O–H groups in total. The topological polar surface area (TPSA) is 81.0 Å². The lowest BCUT2D eigenvalue weighted by atomic mass is 10.1. The van der Waals surface area contributed by atoms with Crippen LogP contribution < -0.4 is 15.9 Å². The molecular formula is C17H18N4O2. The van der Waals surface area contributed by atoms with Crippen molar-refractivity contribution in [3.63, 3.8) is 0 Å². The number of aromatic amines is 2. The Labute approximate surface area is 133 Å². The standard InChI is InChI=1S/C17H18N4O2/c1-10-6-4-5-7-11(10)16(22)18-14-8-12-13(20-17(23)19-12)9-15(14)21(2)3/h4-9H,1-3H3,(H,18,22)(H2,19,20,23). The number of carbonyl (C=O) groups is 1. The number of hydrogen-bond acceptors (Lipinski definition) is 3. The van der Waals surface area contributed by atoms with E-state index in [1.54, 1.807) is 12.1 Å². The van der Waals surface area contributed by atoms with E-state index in [4.69, 9.17) is 0 Å². The molecule has 0 saturated heterocycles. The van der Waals surface area contributed by atoms with Crippen LogP contribution in [-0.2, 0) is 0 Å². The maximum absolute atomic E-state index is 12.5. The molecule has 0 spiro atoms. The van der Waals surface area contributed by atoms with E-state index < -0.39 is 0 Å². The molecule has 0 radical (unpaired) electrons. The Bertz CT molecular complexity index is 937. The molecule has 1 heterocycles. The van der Waals surface area contributed by atoms with Crippen molar-refractivity contribution in [3.05, 3.63) is 58.0 Å². The van der Waals surface area contributed by atoms with Crippen LogP contribution in [0.5, 0.6) is 0 Å². The zero-order chi connectivity index (χ0) is 16.6. The summed E-state index contributed by atoms with van der Waals surface area (Å²) in [5.74, 6) is -0.177. The molecule has 0 unspecified atom stereocenters. The molecule has 1 amide bonds. The van der Waals surface area contributed by atoms with Crippen molar-refractivity contribution >= 4 is 28.3 Å². The number of H-pyrrole nitrogens is 2. The van der Waals surface area contributed by atoms with Crippen LogP contribution >= 0.6 is 0 Å². The number of imidazole rings is 1. The number of rotatable bonds is 3. The monoisotopic (exact) mass is 310 g/mol. The number of carbonyl (C=O) groups excluding carboxylic acids is 1. The van der Waals surface area contributed by atoms with Gasteiger partial charge in [0, 0.05) is 19.7 Å². The quantitative estimate of drug-likeness (QED) is 0.695. The van der Waals surface area contributed by atoms with Gasteiger partial charge in [-0.05, 0) is 30.7 Å². The highest BCUT2D eigenvalue weighted by molar-refractivity contribution is 6.08. The van der Waals surface area contributed by atoms with Crippen molar-refractivity contribution in [2.45, 2.75) is 6.92 Å². The second kappa shape index (κ2) is 5.64. The van der Waals surface area contributed by atoms with Crippen LogP contribution in [0.2, 0.25) is 0 Å². The van der Waals surface area contributed by atoms with E-state index in [2.05, 4.69) is 15.3 Å². The number of fused-ring (bicyclic) bond motifs is 1. The van der Waals surface area contributed by atoms with E-state index in [0.717, 1.165) is 11.3 Å². The van der Waals surface area contributed by atoms with E-state index in [1.165, 1.54) is 0 Å². The zero-order valence-corrected chi connectivity index (χ0v) is 13.2. The van der Waals surface area contributed by atoms with Gasteiger partial charge < -0.3 is 20.2 Å². The van der Waals surface area contributed by atoms with Crippen LogP contribution in [-0.4, -0.2) is 30.0 Å². The molecule has 6 heteroatoms. The van der Waals surface area contributed by atoms with Crippen LogP contribution in [0.3, 0.4) is 0 Å². The minimum atomic E-state index is -0.271. The van der Waals surface area contributed by atoms with E-state index in [-0.39, 0.29) is 11.6 Å². The summed E-state index contributed by atoms with van der Waals surface area (Å²) >= 11 is 0. The third-order valence-corrected chi connectivity index (χ3v) is 3.75. The van der Waals surface area contributed by atoms with Crippen molar-refractivity contribution in [1.82, 2.24) is 9.97 Å². The van der Waals surface area contributed by atoms with Crippen molar-refractivity contribution < 1.29 is 4.79 Å². The summed E-state index contributed by atoms with van der Waals surface area (Å²) in [5.41, 5.74) is 4.08. The molecule has 3 aromatic rings. The smallest absolute Gasteiger partial charge is 0.323 e. The minimum Gasteiger partial charge on any atom is -0.376 e. The highest BCUT2D eigenvalue weighted by Gasteiger charge is 2.14. The van der Waals surface area contributed by atoms with Crippen molar-refractivity contribution in [1.29, 1.82) is 0 Å². The summed E-state index contributed by atoms with van der Waals surface area (Å²) in [7, 11) is 3.77. The first-order valence-electron chi connectivity index (χ1n) is 7.26. The van der Waals surface area contributed by atoms with Crippen LogP contribution in [0.15, 0.2) is 41.2 Å². The number of aromatic nitrogens is 2. The summed E-state index contributed by atoms with van der Waals surface area (Å²) in [4.78, 5) is 31.3. The highest BCUT2D eigenvalue weighted by Crippen LogP contribution is 2.29. The third-order valence-electron chi connectivity index (χ3n) is 3.75. The summed E-state index contributed by atoms with van der Waals surface area (Å²) < 4.78 is 0. The molecule has 0 aliphatic heterocycles. The lowest BCUT2D eigenvalue weighted by Crippen LogP contribution is -2.17. The number of aryl methyl sites for hydroxylation is 1. The van der Waals surface area contributed by atoms with E-state index >= 15 is 0 Å². The van der Waals surface area contributed by atoms with Gasteiger partial charge in [-0.2, -0.15) is 0 Å². The molecule has 0 aliphatic rings. The average Bonchev–Trinajstić information content (AvgIpc) is 2.85. The zero-order valence-electron chi connectivity index (χ0n) is 13.2. The maximum Gasteiger partial charge on any atom is 0.323 e. The number of anilines is 2. The van der Waals surface area contributed by atoms with Crippen molar-refractivity contribution in [3.8, 4) is 0 Å². The lowest BCUT2D eigenvalue weighted by Gasteiger charge is -2.18. The SMILES string of the molecule is Cc1ccccc1C(=O)Nc1cc2[nH]c(=O)[nH]c2cc1N(C)C. The van der Waals surface area contributed by atoms with Crippen molar-refractivity contribution in [2.75, 3.05) is 24.3 Å². The summed E-state index contributed by atoms with van der Waals surface area (Å²) in [6, 6.07) is 11.0. The molecule has 0 saturated carbocycles. The highest BCUT2D eigenvalue weighted by atomic mass is 16.2. The van der Waals surface area contributed by atoms with Gasteiger partial charge in [0.15, 0.2) is 0 Å². The molecule has 6 nitrogen and oxygen atoms in total. The Morgan fingerprint density at radius 2 is 1.74 bits per heavy atom. The molecule has 0 aliphatic carbocycles. The van der Waals surface area contributed by atoms with Gasteiger partial charge in [0.25, 0.3) is 5.91 Å². The molecular weight excluding hydrogens is 292 g/mol. The predicted octanol–water partition coefficient (Wildman–Crippen LogP) is 2.48. The van der Waals surface area contributed by atoms with Gasteiger partial charge in [-0.25, -0.2) is 4.79 Å². The number of benzene rings is 2. The average molecular weight is 310 g/mol. The number of nitrogens with zero attached hydrogens (tertiary/aromatic N) is 1. The van der Waals surface area contributed by atoms with Gasteiger partial charge in [0.05, 0.1) is 22.4 Å². The summed E-state index contributed by atoms with van der Waals surface area (Å²) in [5, 5.41) is 2.93. The van der Waals surface area contributed by atoms with E-state index in [1.807, 2.05) is 50.2 Å². The second-order valence-electron chi connectivity index (χ2n) is 5.66. The van der Waals surface area contributed by atoms with Gasteiger partial charge in [0.2, 0.25) is 0 Å². The Hall–Kier alpha value is -3.02. The Morgan fingerprint density at radius 1 is 1.09 bits per heavy atom. The maximum atomic E-state index is 12.5. The number of amides is 1. The minimum absolute atomic E-state index is 0.177. The number of nitrogens with one attached hydrogen (secondary N) is 3. The van der Waals surface area contributed by atoms with Gasteiger partial charge in [-0.1, -0.05) is 18.2 Å². The molecule has 1 aromatic heterocycles. The van der Waals surface area contributed by atoms with E-state index in [0.29, 0.717) is 22.3 Å². The van der Waals surface area contributed by atoms with Gasteiger partial charge in [0.1, 0.15) is 0 Å². The molecule has 0 bridgehead atoms. The predicted molar refractivity (Wildman–Crippen MR) is 92.4 cm³/mol. The first-order valence-corrected chi connectivity index (χ1v) is 7.26. The summed E-state index contributed by atoms with van der Waals surface area (Å²) in [6.45, 7) is 1.90. The first kappa shape index (κ1) is 14.9. The normalized spacial score (nSPS) is 10.7. The third kappa shape index (κ3) is 2.83.